The first kappa shape index (κ1) is 19.4. The second-order valence-corrected chi connectivity index (χ2v) is 10.9. The van der Waals surface area contributed by atoms with Crippen molar-refractivity contribution in [1.82, 2.24) is 9.03 Å². The van der Waals surface area contributed by atoms with E-state index >= 15 is 0 Å². The number of hydrogen-bond donors (Lipinski definition) is 2. The fourth-order valence-corrected chi connectivity index (χ4v) is 6.07. The maximum absolute atomic E-state index is 12.9. The van der Waals surface area contributed by atoms with Crippen LogP contribution in [0.4, 0.5) is 5.69 Å². The Morgan fingerprint density at radius 2 is 1.43 bits per heavy atom. The van der Waals surface area contributed by atoms with Gasteiger partial charge in [0.1, 0.15) is 0 Å². The van der Waals surface area contributed by atoms with Crippen molar-refractivity contribution in [2.45, 2.75) is 41.1 Å². The van der Waals surface area contributed by atoms with Gasteiger partial charge in [-0.05, 0) is 55.7 Å². The van der Waals surface area contributed by atoms with Crippen LogP contribution in [0.2, 0.25) is 0 Å². The summed E-state index contributed by atoms with van der Waals surface area (Å²) >= 11 is 0. The number of hydrogen-bond acceptors (Lipinski definition) is 5. The Hall–Kier alpha value is -1.94. The van der Waals surface area contributed by atoms with Gasteiger partial charge >= 0.3 is 0 Å². The van der Waals surface area contributed by atoms with Crippen molar-refractivity contribution in [3.8, 4) is 0 Å². The minimum Gasteiger partial charge on any atom is -0.381 e. The molecule has 0 bridgehead atoms. The fourth-order valence-electron chi connectivity index (χ4n) is 3.26. The second-order valence-electron chi connectivity index (χ2n) is 7.23. The van der Waals surface area contributed by atoms with Crippen LogP contribution in [0.3, 0.4) is 0 Å². The smallest absolute Gasteiger partial charge is 0.243 e. The number of nitrogens with one attached hydrogen (secondary N) is 2. The highest BCUT2D eigenvalue weighted by Crippen LogP contribution is 2.25. The van der Waals surface area contributed by atoms with E-state index in [0.717, 1.165) is 18.5 Å². The number of nitrogens with zero attached hydrogens (tertiary/aromatic N) is 1. The summed E-state index contributed by atoms with van der Waals surface area (Å²) in [5, 5.41) is 3.35. The van der Waals surface area contributed by atoms with Gasteiger partial charge in [-0.15, -0.1) is 0 Å². The van der Waals surface area contributed by atoms with Gasteiger partial charge in [-0.1, -0.05) is 18.2 Å². The lowest BCUT2D eigenvalue weighted by Gasteiger charge is -2.18. The van der Waals surface area contributed by atoms with Crippen molar-refractivity contribution in [2.75, 3.05) is 18.4 Å². The summed E-state index contributed by atoms with van der Waals surface area (Å²) in [4.78, 5) is 0.196. The van der Waals surface area contributed by atoms with Gasteiger partial charge < -0.3 is 5.32 Å². The summed E-state index contributed by atoms with van der Waals surface area (Å²) in [7, 11) is -7.25. The molecule has 2 N–H and O–H groups in total. The molecule has 7 nitrogen and oxygen atoms in total. The molecule has 0 radical (unpaired) electrons. The quantitative estimate of drug-likeness (QED) is 0.713. The number of anilines is 1. The van der Waals surface area contributed by atoms with E-state index in [0.29, 0.717) is 19.5 Å². The van der Waals surface area contributed by atoms with Gasteiger partial charge in [0, 0.05) is 30.9 Å². The molecule has 1 saturated heterocycles. The summed E-state index contributed by atoms with van der Waals surface area (Å²) in [5.41, 5.74) is 0.962. The van der Waals surface area contributed by atoms with E-state index in [4.69, 9.17) is 0 Å². The molecule has 2 fully saturated rings. The summed E-state index contributed by atoms with van der Waals surface area (Å²) in [6.07, 6.45) is 2.41. The van der Waals surface area contributed by atoms with Crippen molar-refractivity contribution >= 4 is 25.7 Å². The molecule has 0 aromatic heterocycles. The summed E-state index contributed by atoms with van der Waals surface area (Å²) in [5.74, 6) is 0. The zero-order valence-electron chi connectivity index (χ0n) is 15.3. The molecule has 1 unspecified atom stereocenters. The highest BCUT2D eigenvalue weighted by atomic mass is 32.2. The van der Waals surface area contributed by atoms with E-state index in [1.54, 1.807) is 0 Å². The van der Waals surface area contributed by atoms with Crippen LogP contribution in [-0.2, 0) is 20.0 Å². The third-order valence-electron chi connectivity index (χ3n) is 4.97. The molecule has 1 atom stereocenters. The molecule has 4 rings (SSSR count). The van der Waals surface area contributed by atoms with Crippen molar-refractivity contribution < 1.29 is 16.8 Å². The van der Waals surface area contributed by atoms with Gasteiger partial charge in [0.25, 0.3) is 0 Å². The molecule has 1 aliphatic carbocycles. The fraction of sp³-hybridized carbons (Fsp3) is 0.368. The molecule has 2 aliphatic rings. The molecule has 1 aliphatic heterocycles. The first-order valence-corrected chi connectivity index (χ1v) is 12.2. The molecule has 0 amide bonds. The molecule has 1 saturated carbocycles. The molecular weight excluding hydrogens is 398 g/mol. The van der Waals surface area contributed by atoms with E-state index in [1.165, 1.54) is 28.6 Å². The van der Waals surface area contributed by atoms with Gasteiger partial charge in [-0.25, -0.2) is 21.6 Å². The zero-order valence-corrected chi connectivity index (χ0v) is 16.9. The highest BCUT2D eigenvalue weighted by Gasteiger charge is 2.33. The Kier molecular flexibility index (Phi) is 5.17. The van der Waals surface area contributed by atoms with Crippen molar-refractivity contribution in [2.24, 2.45) is 0 Å². The van der Waals surface area contributed by atoms with Crippen LogP contribution in [-0.4, -0.2) is 46.3 Å². The predicted octanol–water partition coefficient (Wildman–Crippen LogP) is 2.00. The molecular formula is C19H23N3O4S2. The van der Waals surface area contributed by atoms with Crippen LogP contribution in [0, 0.1) is 0 Å². The maximum atomic E-state index is 12.9. The highest BCUT2D eigenvalue weighted by molar-refractivity contribution is 7.89. The van der Waals surface area contributed by atoms with Crippen LogP contribution in [0.25, 0.3) is 0 Å². The standard InChI is InChI=1S/C19H23N3O4S2/c23-27(24,21-16-6-7-16)18-8-10-19(11-9-18)28(25,26)22-13-12-17(14-22)20-15-4-2-1-3-5-15/h1-5,8-11,16-17,20-21H,6-7,12-14H2. The van der Waals surface area contributed by atoms with Crippen molar-refractivity contribution in [1.29, 1.82) is 0 Å². The largest absolute Gasteiger partial charge is 0.381 e. The molecule has 150 valence electrons. The zero-order chi connectivity index (χ0) is 19.8. The molecule has 28 heavy (non-hydrogen) atoms. The van der Waals surface area contributed by atoms with E-state index in [2.05, 4.69) is 10.0 Å². The maximum Gasteiger partial charge on any atom is 0.243 e. The minimum absolute atomic E-state index is 0.00653. The van der Waals surface area contributed by atoms with Gasteiger partial charge in [0.05, 0.1) is 9.79 Å². The first-order chi connectivity index (χ1) is 13.3. The number of para-hydroxylation sites is 1. The predicted molar refractivity (Wildman–Crippen MR) is 107 cm³/mol. The third-order valence-corrected chi connectivity index (χ3v) is 8.38. The van der Waals surface area contributed by atoms with Gasteiger partial charge in [0.15, 0.2) is 0 Å². The Morgan fingerprint density at radius 3 is 2.07 bits per heavy atom. The average molecular weight is 422 g/mol. The Bertz CT molecular complexity index is 1030. The van der Waals surface area contributed by atoms with E-state index in [9.17, 15) is 16.8 Å². The molecule has 2 aromatic rings. The SMILES string of the molecule is O=S(=O)(NC1CC1)c1ccc(S(=O)(=O)N2CCC(Nc3ccccc3)C2)cc1. The molecule has 2 aromatic carbocycles. The van der Waals surface area contributed by atoms with Crippen LogP contribution in [0.15, 0.2) is 64.4 Å². The number of rotatable bonds is 7. The van der Waals surface area contributed by atoms with Gasteiger partial charge in [0.2, 0.25) is 20.0 Å². The topological polar surface area (TPSA) is 95.6 Å². The van der Waals surface area contributed by atoms with E-state index in [-0.39, 0.29) is 21.9 Å². The molecule has 1 heterocycles. The molecule has 0 spiro atoms. The monoisotopic (exact) mass is 421 g/mol. The summed E-state index contributed by atoms with van der Waals surface area (Å²) in [6, 6.07) is 15.2. The number of benzene rings is 2. The van der Waals surface area contributed by atoms with Gasteiger partial charge in [-0.3, -0.25) is 0 Å². The molecule has 9 heteroatoms. The summed E-state index contributed by atoms with van der Waals surface area (Å²) in [6.45, 7) is 0.802. The van der Waals surface area contributed by atoms with Crippen molar-refractivity contribution in [3.05, 3.63) is 54.6 Å². The second kappa shape index (κ2) is 7.47. The van der Waals surface area contributed by atoms with Crippen LogP contribution < -0.4 is 10.0 Å². The van der Waals surface area contributed by atoms with Crippen molar-refractivity contribution in [3.63, 3.8) is 0 Å². The summed E-state index contributed by atoms with van der Waals surface area (Å²) < 4.78 is 54.3. The lowest BCUT2D eigenvalue weighted by atomic mass is 10.2. The average Bonchev–Trinajstić information content (AvgIpc) is 3.35. The van der Waals surface area contributed by atoms with Crippen LogP contribution >= 0.6 is 0 Å². The Morgan fingerprint density at radius 1 is 0.786 bits per heavy atom. The minimum atomic E-state index is -3.66. The lowest BCUT2D eigenvalue weighted by molar-refractivity contribution is 0.474. The Balaban J connectivity index is 1.44. The van der Waals surface area contributed by atoms with Crippen LogP contribution in [0.5, 0.6) is 0 Å². The van der Waals surface area contributed by atoms with E-state index in [1.807, 2.05) is 30.3 Å². The van der Waals surface area contributed by atoms with E-state index < -0.39 is 20.0 Å². The Labute approximate surface area is 165 Å². The van der Waals surface area contributed by atoms with Crippen LogP contribution in [0.1, 0.15) is 19.3 Å². The van der Waals surface area contributed by atoms with Gasteiger partial charge in [-0.2, -0.15) is 4.31 Å². The number of sulfonamides is 2. The third kappa shape index (κ3) is 4.22. The normalized spacial score (nSPS) is 20.9. The first-order valence-electron chi connectivity index (χ1n) is 9.29. The lowest BCUT2D eigenvalue weighted by Crippen LogP contribution is -2.31.